The molecule has 0 aromatic heterocycles. The largest absolute Gasteiger partial charge is 0.265 e. The number of hydrogen-bond acceptors (Lipinski definition) is 2. The number of rotatable bonds is 3. The Balaban J connectivity index is 3.39. The molecule has 0 heterocycles. The molecule has 0 aliphatic heterocycles. The molecular formula is C3H7Cl2NO2Si. The van der Waals surface area contributed by atoms with Crippen LogP contribution in [-0.2, 0) is 0 Å². The lowest BCUT2D eigenvalue weighted by Crippen LogP contribution is -2.17. The minimum Gasteiger partial charge on any atom is -0.265 e. The maximum Gasteiger partial charge on any atom is 0.254 e. The van der Waals surface area contributed by atoms with Gasteiger partial charge in [-0.1, -0.05) is 0 Å². The van der Waals surface area contributed by atoms with Gasteiger partial charge < -0.3 is 0 Å². The number of hydrogen-bond donors (Lipinski definition) is 0. The quantitative estimate of drug-likeness (QED) is 0.293. The van der Waals surface area contributed by atoms with Gasteiger partial charge in [0.15, 0.2) is 0 Å². The Hall–Kier alpha value is 0.197. The zero-order chi connectivity index (χ0) is 7.49. The molecule has 0 amide bonds. The first kappa shape index (κ1) is 9.20. The van der Waals surface area contributed by atoms with Crippen molar-refractivity contribution >= 4 is 28.9 Å². The molecule has 0 aromatic rings. The van der Waals surface area contributed by atoms with E-state index >= 15 is 0 Å². The van der Waals surface area contributed by atoms with Crippen LogP contribution in [0.3, 0.4) is 0 Å². The molecule has 0 bridgehead atoms. The van der Waals surface area contributed by atoms with E-state index in [1.165, 1.54) is 0 Å². The first-order valence-corrected chi connectivity index (χ1v) is 7.14. The van der Waals surface area contributed by atoms with Crippen molar-refractivity contribution in [1.82, 2.24) is 0 Å². The molecule has 0 rings (SSSR count). The zero-order valence-corrected chi connectivity index (χ0v) is 7.45. The van der Waals surface area contributed by atoms with Gasteiger partial charge in [-0.2, -0.15) is 0 Å². The second-order valence-electron chi connectivity index (χ2n) is 1.88. The summed E-state index contributed by atoms with van der Waals surface area (Å²) in [6.07, 6.45) is 0. The Labute approximate surface area is 63.5 Å². The molecule has 6 heteroatoms. The van der Waals surface area contributed by atoms with E-state index < -0.39 is 11.6 Å². The van der Waals surface area contributed by atoms with Crippen molar-refractivity contribution in [3.63, 3.8) is 0 Å². The highest BCUT2D eigenvalue weighted by atomic mass is 35.7. The lowest BCUT2D eigenvalue weighted by molar-refractivity contribution is -0.475. The number of nitro groups is 1. The van der Waals surface area contributed by atoms with E-state index in [0.29, 0.717) is 6.04 Å². The fraction of sp³-hybridized carbons (Fsp3) is 1.00. The molecule has 0 aromatic carbocycles. The molecule has 54 valence electrons. The molecule has 0 saturated heterocycles. The van der Waals surface area contributed by atoms with E-state index in [-0.39, 0.29) is 6.54 Å². The molecule has 0 unspecified atom stereocenters. The topological polar surface area (TPSA) is 43.1 Å². The smallest absolute Gasteiger partial charge is 0.254 e. The van der Waals surface area contributed by atoms with Crippen molar-refractivity contribution in [2.45, 2.75) is 12.6 Å². The molecule has 0 aliphatic carbocycles. The predicted octanol–water partition coefficient (Wildman–Crippen LogP) is 1.81. The van der Waals surface area contributed by atoms with Crippen LogP contribution in [-0.4, -0.2) is 18.2 Å². The van der Waals surface area contributed by atoms with E-state index in [1.54, 1.807) is 6.55 Å². The van der Waals surface area contributed by atoms with Gasteiger partial charge in [0.1, 0.15) is 0 Å². The van der Waals surface area contributed by atoms with Crippen molar-refractivity contribution in [3.05, 3.63) is 10.1 Å². The van der Waals surface area contributed by atoms with E-state index in [2.05, 4.69) is 0 Å². The molecule has 3 nitrogen and oxygen atoms in total. The summed E-state index contributed by atoms with van der Waals surface area (Å²) in [7, 11) is 0. The number of nitrogens with zero attached hydrogens (tertiary/aromatic N) is 1. The molecule has 0 saturated carbocycles. The van der Waals surface area contributed by atoms with Gasteiger partial charge in [-0.05, 0) is 6.55 Å². The van der Waals surface area contributed by atoms with Gasteiger partial charge in [-0.3, -0.25) is 10.1 Å². The number of halogens is 2. The van der Waals surface area contributed by atoms with E-state index in [4.69, 9.17) is 22.2 Å². The highest BCUT2D eigenvalue weighted by Gasteiger charge is 2.23. The Morgan fingerprint density at radius 2 is 2.11 bits per heavy atom. The summed E-state index contributed by atoms with van der Waals surface area (Å²) in [6, 6.07) is 0.323. The zero-order valence-electron chi connectivity index (χ0n) is 4.93. The van der Waals surface area contributed by atoms with Gasteiger partial charge >= 0.3 is 0 Å². The third-order valence-corrected chi connectivity index (χ3v) is 2.97. The van der Waals surface area contributed by atoms with E-state index in [1.807, 2.05) is 0 Å². The van der Waals surface area contributed by atoms with Crippen molar-refractivity contribution in [1.29, 1.82) is 0 Å². The highest BCUT2D eigenvalue weighted by molar-refractivity contribution is 7.44. The van der Waals surface area contributed by atoms with Gasteiger partial charge in [-0.15, -0.1) is 22.2 Å². The average molecular weight is 188 g/mol. The Kier molecular flexibility index (Phi) is 3.46. The van der Waals surface area contributed by atoms with Crippen LogP contribution in [0.5, 0.6) is 0 Å². The minimum atomic E-state index is -2.22. The van der Waals surface area contributed by atoms with Crippen LogP contribution in [0.1, 0.15) is 0 Å². The average Bonchev–Trinajstić information content (AvgIpc) is 1.59. The van der Waals surface area contributed by atoms with Gasteiger partial charge in [0.2, 0.25) is 6.54 Å². The summed E-state index contributed by atoms with van der Waals surface area (Å²) >= 11 is 11.2. The van der Waals surface area contributed by atoms with Crippen LogP contribution in [0.2, 0.25) is 12.6 Å². The van der Waals surface area contributed by atoms with Crippen LogP contribution >= 0.6 is 22.2 Å². The maximum atomic E-state index is 9.76. The van der Waals surface area contributed by atoms with Crippen LogP contribution in [0.25, 0.3) is 0 Å². The minimum absolute atomic E-state index is 0.115. The fourth-order valence-corrected chi connectivity index (χ4v) is 1.37. The SMILES string of the molecule is C[Si](Cl)(Cl)CC[N+](=O)[O-]. The van der Waals surface area contributed by atoms with E-state index in [9.17, 15) is 10.1 Å². The van der Waals surface area contributed by atoms with Crippen molar-refractivity contribution < 1.29 is 4.92 Å². The summed E-state index contributed by atoms with van der Waals surface area (Å²) in [5, 5.41) is 9.76. The molecule has 0 radical (unpaired) electrons. The summed E-state index contributed by atoms with van der Waals surface area (Å²) in [5.41, 5.74) is 0. The maximum absolute atomic E-state index is 9.76. The molecule has 0 fully saturated rings. The van der Waals surface area contributed by atoms with E-state index in [0.717, 1.165) is 0 Å². The van der Waals surface area contributed by atoms with Gasteiger partial charge in [0, 0.05) is 11.0 Å². The molecule has 0 atom stereocenters. The molecule has 9 heavy (non-hydrogen) atoms. The molecule has 0 N–H and O–H groups in total. The third-order valence-electron chi connectivity index (χ3n) is 0.733. The lowest BCUT2D eigenvalue weighted by atomic mass is 10.8. The molecule has 0 spiro atoms. The van der Waals surface area contributed by atoms with Crippen LogP contribution < -0.4 is 0 Å². The molecular weight excluding hydrogens is 181 g/mol. The normalized spacial score (nSPS) is 11.4. The standard InChI is InChI=1S/C3H7Cl2NO2Si/c1-9(4,5)3-2-6(7)8/h2-3H2,1H3. The Morgan fingerprint density at radius 3 is 2.22 bits per heavy atom. The predicted molar refractivity (Wildman–Crippen MR) is 40.0 cm³/mol. The summed E-state index contributed by atoms with van der Waals surface area (Å²) in [6.45, 7) is -0.666. The molecule has 0 aliphatic rings. The lowest BCUT2D eigenvalue weighted by Gasteiger charge is -2.04. The summed E-state index contributed by atoms with van der Waals surface area (Å²) in [5.74, 6) is 0. The van der Waals surface area contributed by atoms with Gasteiger partial charge in [0.25, 0.3) is 6.69 Å². The van der Waals surface area contributed by atoms with Crippen molar-refractivity contribution in [2.75, 3.05) is 6.54 Å². The van der Waals surface area contributed by atoms with Crippen LogP contribution in [0, 0.1) is 10.1 Å². The monoisotopic (exact) mass is 187 g/mol. The first-order valence-electron chi connectivity index (χ1n) is 2.41. The van der Waals surface area contributed by atoms with Crippen LogP contribution in [0.4, 0.5) is 0 Å². The third kappa shape index (κ3) is 8.20. The highest BCUT2D eigenvalue weighted by Crippen LogP contribution is 2.18. The second-order valence-corrected chi connectivity index (χ2v) is 10.1. The Morgan fingerprint density at radius 1 is 1.67 bits per heavy atom. The van der Waals surface area contributed by atoms with Crippen molar-refractivity contribution in [2.24, 2.45) is 0 Å². The van der Waals surface area contributed by atoms with Crippen LogP contribution in [0.15, 0.2) is 0 Å². The van der Waals surface area contributed by atoms with Gasteiger partial charge in [0.05, 0.1) is 0 Å². The van der Waals surface area contributed by atoms with Crippen molar-refractivity contribution in [3.8, 4) is 0 Å². The Bertz CT molecular complexity index is 113. The summed E-state index contributed by atoms with van der Waals surface area (Å²) < 4.78 is 0. The van der Waals surface area contributed by atoms with Gasteiger partial charge in [-0.25, -0.2) is 0 Å². The first-order chi connectivity index (χ1) is 3.92. The second kappa shape index (κ2) is 3.39. The summed E-state index contributed by atoms with van der Waals surface area (Å²) in [4.78, 5) is 9.35. The fourth-order valence-electron chi connectivity index (χ4n) is 0.288.